The molecule has 1 saturated heterocycles. The van der Waals surface area contributed by atoms with Crippen LogP contribution in [0.2, 0.25) is 0 Å². The van der Waals surface area contributed by atoms with Crippen molar-refractivity contribution >= 4 is 11.6 Å². The number of carbonyl (C=O) groups excluding carboxylic acids is 2. The molecular formula is C23H24O11. The van der Waals surface area contributed by atoms with E-state index in [0.717, 1.165) is 0 Å². The number of ketones is 2. The lowest BCUT2D eigenvalue weighted by Gasteiger charge is -2.40. The zero-order valence-electron chi connectivity index (χ0n) is 18.5. The highest BCUT2D eigenvalue weighted by atomic mass is 16.7. The van der Waals surface area contributed by atoms with Gasteiger partial charge in [0.15, 0.2) is 28.8 Å². The molecule has 0 saturated carbocycles. The van der Waals surface area contributed by atoms with E-state index in [0.29, 0.717) is 5.56 Å². The summed E-state index contributed by atoms with van der Waals surface area (Å²) in [6.45, 7) is 0.914. The lowest BCUT2D eigenvalue weighted by atomic mass is 9.82. The molecule has 4 rings (SSSR count). The lowest BCUT2D eigenvalue weighted by Crippen LogP contribution is -2.60. The fourth-order valence-corrected chi connectivity index (χ4v) is 4.22. The number of carbonyl (C=O) groups is 2. The second kappa shape index (κ2) is 8.85. The largest absolute Gasteiger partial charge is 0.504 e. The van der Waals surface area contributed by atoms with Crippen LogP contribution < -0.4 is 14.2 Å². The minimum Gasteiger partial charge on any atom is -0.504 e. The average molecular weight is 476 g/mol. The Hall–Kier alpha value is -3.22. The fourth-order valence-electron chi connectivity index (χ4n) is 4.22. The highest BCUT2D eigenvalue weighted by molar-refractivity contribution is 6.30. The zero-order valence-corrected chi connectivity index (χ0v) is 18.5. The molecular weight excluding hydrogens is 452 g/mol. The Morgan fingerprint density at radius 3 is 2.24 bits per heavy atom. The van der Waals surface area contributed by atoms with Crippen LogP contribution in [0.4, 0.5) is 0 Å². The molecule has 0 radical (unpaired) electrons. The highest BCUT2D eigenvalue weighted by Gasteiger charge is 2.46. The molecule has 0 aromatic heterocycles. The van der Waals surface area contributed by atoms with E-state index in [9.17, 15) is 35.1 Å². The average Bonchev–Trinajstić information content (AvgIpc) is 2.83. The number of phenolic OH excluding ortho intramolecular Hbond substituents is 1. The van der Waals surface area contributed by atoms with Gasteiger partial charge in [0, 0.05) is 11.1 Å². The maximum absolute atomic E-state index is 13.4. The summed E-state index contributed by atoms with van der Waals surface area (Å²) >= 11 is 0. The number of benzene rings is 2. The van der Waals surface area contributed by atoms with Crippen LogP contribution >= 0.6 is 0 Å². The number of ether oxygens (including phenoxy) is 4. The zero-order chi connectivity index (χ0) is 24.9. The number of aliphatic hydroxyl groups is 4. The van der Waals surface area contributed by atoms with Crippen molar-refractivity contribution in [3.8, 4) is 23.0 Å². The normalized spacial score (nSPS) is 26.0. The molecule has 0 spiro atoms. The number of hydrogen-bond acceptors (Lipinski definition) is 11. The van der Waals surface area contributed by atoms with E-state index < -0.39 is 54.6 Å². The predicted octanol–water partition coefficient (Wildman–Crippen LogP) is -0.328. The third-order valence-corrected chi connectivity index (χ3v) is 6.01. The summed E-state index contributed by atoms with van der Waals surface area (Å²) in [6.07, 6.45) is -7.73. The van der Waals surface area contributed by atoms with Crippen molar-refractivity contribution in [1.82, 2.24) is 0 Å². The molecule has 5 atom stereocenters. The number of aryl methyl sites for hydroxylation is 1. The standard InChI is InChI=1S/C23H24O11/c1-8-6-10-14(18(28)13-9(15(10)25)4-5-11(31-2)16(13)26)22(32-3)21(8)34-23-20(30)19(29)17(27)12(7-24)33-23/h4-6,12,17,19-20,23-24,26-27,29-30H,7H2,1-3H3/t12-,17-,19+,20-,23+/m1/s1. The second-order valence-corrected chi connectivity index (χ2v) is 7.99. The van der Waals surface area contributed by atoms with Crippen molar-refractivity contribution in [3.63, 3.8) is 0 Å². The molecule has 0 amide bonds. The fraction of sp³-hybridized carbons (Fsp3) is 0.391. The van der Waals surface area contributed by atoms with Gasteiger partial charge < -0.3 is 44.5 Å². The van der Waals surface area contributed by atoms with Gasteiger partial charge in [-0.15, -0.1) is 0 Å². The van der Waals surface area contributed by atoms with Crippen molar-refractivity contribution in [1.29, 1.82) is 0 Å². The number of fused-ring (bicyclic) bond motifs is 2. The summed E-state index contributed by atoms with van der Waals surface area (Å²) in [4.78, 5) is 26.6. The van der Waals surface area contributed by atoms with Gasteiger partial charge in [0.25, 0.3) is 0 Å². The summed E-state index contributed by atoms with van der Waals surface area (Å²) in [6, 6.07) is 4.17. The first kappa shape index (κ1) is 23.9. The monoisotopic (exact) mass is 476 g/mol. The number of aliphatic hydroxyl groups excluding tert-OH is 4. The van der Waals surface area contributed by atoms with Gasteiger partial charge in [-0.2, -0.15) is 0 Å². The first-order chi connectivity index (χ1) is 16.2. The van der Waals surface area contributed by atoms with E-state index in [2.05, 4.69) is 0 Å². The quantitative estimate of drug-likeness (QED) is 0.326. The smallest absolute Gasteiger partial charge is 0.229 e. The summed E-state index contributed by atoms with van der Waals surface area (Å²) in [5.41, 5.74) is -0.0566. The Morgan fingerprint density at radius 2 is 1.62 bits per heavy atom. The molecule has 1 aliphatic carbocycles. The highest BCUT2D eigenvalue weighted by Crippen LogP contribution is 2.46. The van der Waals surface area contributed by atoms with Gasteiger partial charge in [0.2, 0.25) is 12.1 Å². The van der Waals surface area contributed by atoms with E-state index in [1.165, 1.54) is 32.4 Å². The van der Waals surface area contributed by atoms with Crippen LogP contribution in [0.3, 0.4) is 0 Å². The Labute approximate surface area is 193 Å². The van der Waals surface area contributed by atoms with E-state index in [1.54, 1.807) is 6.92 Å². The van der Waals surface area contributed by atoms with Crippen LogP contribution in [0, 0.1) is 6.92 Å². The van der Waals surface area contributed by atoms with Crippen LogP contribution in [0.15, 0.2) is 18.2 Å². The molecule has 11 nitrogen and oxygen atoms in total. The number of rotatable bonds is 5. The van der Waals surface area contributed by atoms with Crippen LogP contribution in [-0.2, 0) is 4.74 Å². The van der Waals surface area contributed by atoms with Gasteiger partial charge in [0.05, 0.1) is 32.0 Å². The first-order valence-electron chi connectivity index (χ1n) is 10.3. The molecule has 2 aromatic rings. The predicted molar refractivity (Wildman–Crippen MR) is 114 cm³/mol. The maximum atomic E-state index is 13.4. The number of hydrogen-bond donors (Lipinski definition) is 5. The summed E-state index contributed by atoms with van der Waals surface area (Å²) in [5.74, 6) is -1.95. The van der Waals surface area contributed by atoms with E-state index >= 15 is 0 Å². The van der Waals surface area contributed by atoms with Crippen molar-refractivity contribution in [2.45, 2.75) is 37.6 Å². The van der Waals surface area contributed by atoms with Gasteiger partial charge in [-0.05, 0) is 30.7 Å². The van der Waals surface area contributed by atoms with E-state index in [1.807, 2.05) is 0 Å². The SMILES string of the molecule is COc1ccc2c(c1O)C(=O)c1c(cc(C)c(O[C@@H]3O[C@H](CO)[C@@H](O)[C@H](O)[C@H]3O)c1OC)C2=O. The molecule has 182 valence electrons. The molecule has 1 aliphatic heterocycles. The molecule has 0 bridgehead atoms. The van der Waals surface area contributed by atoms with Gasteiger partial charge in [-0.3, -0.25) is 9.59 Å². The first-order valence-corrected chi connectivity index (χ1v) is 10.3. The lowest BCUT2D eigenvalue weighted by molar-refractivity contribution is -0.277. The van der Waals surface area contributed by atoms with Crippen molar-refractivity contribution < 1.29 is 54.1 Å². The van der Waals surface area contributed by atoms with Gasteiger partial charge in [-0.25, -0.2) is 0 Å². The molecule has 5 N–H and O–H groups in total. The van der Waals surface area contributed by atoms with Gasteiger partial charge in [0.1, 0.15) is 24.4 Å². The van der Waals surface area contributed by atoms with Crippen LogP contribution in [0.1, 0.15) is 37.4 Å². The number of aromatic hydroxyl groups is 1. The molecule has 0 unspecified atom stereocenters. The van der Waals surface area contributed by atoms with Crippen LogP contribution in [0.5, 0.6) is 23.0 Å². The Balaban J connectivity index is 1.83. The molecule has 34 heavy (non-hydrogen) atoms. The third kappa shape index (κ3) is 3.49. The Bertz CT molecular complexity index is 1160. The minimum absolute atomic E-state index is 0.000134. The summed E-state index contributed by atoms with van der Waals surface area (Å²) < 4.78 is 21.6. The van der Waals surface area contributed by atoms with Gasteiger partial charge >= 0.3 is 0 Å². The van der Waals surface area contributed by atoms with Crippen molar-refractivity contribution in [2.75, 3.05) is 20.8 Å². The maximum Gasteiger partial charge on any atom is 0.229 e. The number of phenols is 1. The van der Waals surface area contributed by atoms with Gasteiger partial charge in [-0.1, -0.05) is 0 Å². The Kier molecular flexibility index (Phi) is 6.23. The molecule has 1 fully saturated rings. The van der Waals surface area contributed by atoms with Crippen LogP contribution in [0.25, 0.3) is 0 Å². The molecule has 2 aromatic carbocycles. The number of methoxy groups -OCH3 is 2. The van der Waals surface area contributed by atoms with E-state index in [-0.39, 0.29) is 39.5 Å². The second-order valence-electron chi connectivity index (χ2n) is 7.99. The molecule has 1 heterocycles. The minimum atomic E-state index is -1.70. The van der Waals surface area contributed by atoms with E-state index in [4.69, 9.17) is 18.9 Å². The Morgan fingerprint density at radius 1 is 0.912 bits per heavy atom. The summed E-state index contributed by atoms with van der Waals surface area (Å²) in [5, 5.41) is 50.3. The molecule has 2 aliphatic rings. The van der Waals surface area contributed by atoms with Crippen molar-refractivity contribution in [3.05, 3.63) is 46.0 Å². The van der Waals surface area contributed by atoms with Crippen LogP contribution in [-0.4, -0.2) is 88.6 Å². The summed E-state index contributed by atoms with van der Waals surface area (Å²) in [7, 11) is 2.55. The third-order valence-electron chi connectivity index (χ3n) is 6.01. The topological polar surface area (TPSA) is 172 Å². The molecule has 11 heteroatoms. The van der Waals surface area contributed by atoms with Crippen molar-refractivity contribution in [2.24, 2.45) is 0 Å².